The molecule has 2 N–H and O–H groups in total. The Hall–Kier alpha value is -0.930. The largest absolute Gasteiger partial charge is 0.330 e. The molecule has 0 saturated carbocycles. The Bertz CT molecular complexity index is 408. The first-order valence-electron chi connectivity index (χ1n) is 4.92. The number of unbranched alkanes of at least 4 members (excludes halogenated alkanes) is 1. The van der Waals surface area contributed by atoms with Gasteiger partial charge in [0.15, 0.2) is 0 Å². The predicted molar refractivity (Wildman–Crippen MR) is 61.6 cm³/mol. The van der Waals surface area contributed by atoms with Crippen LogP contribution in [0.2, 0.25) is 0 Å². The molecule has 0 saturated heterocycles. The number of hydrogen-bond acceptors (Lipinski definition) is 3. The summed E-state index contributed by atoms with van der Waals surface area (Å²) in [5, 5.41) is 0. The van der Waals surface area contributed by atoms with Crippen LogP contribution in [0.15, 0.2) is 23.7 Å². The second-order valence-electron chi connectivity index (χ2n) is 3.40. The van der Waals surface area contributed by atoms with Crippen molar-refractivity contribution in [2.24, 2.45) is 5.73 Å². The lowest BCUT2D eigenvalue weighted by Crippen LogP contribution is -1.98. The number of rotatable bonds is 4. The maximum atomic E-state index is 5.46. The van der Waals surface area contributed by atoms with Gasteiger partial charge >= 0.3 is 0 Å². The van der Waals surface area contributed by atoms with Crippen LogP contribution in [0.25, 0.3) is 10.2 Å². The van der Waals surface area contributed by atoms with Gasteiger partial charge in [-0.25, -0.2) is 4.98 Å². The number of aryl methyl sites for hydroxylation is 1. The molecule has 74 valence electrons. The highest BCUT2D eigenvalue weighted by molar-refractivity contribution is 7.16. The van der Waals surface area contributed by atoms with E-state index in [1.165, 1.54) is 16.7 Å². The molecule has 14 heavy (non-hydrogen) atoms. The van der Waals surface area contributed by atoms with Gasteiger partial charge in [-0.2, -0.15) is 0 Å². The van der Waals surface area contributed by atoms with Gasteiger partial charge in [0.25, 0.3) is 0 Å². The van der Waals surface area contributed by atoms with Crippen LogP contribution in [0.1, 0.15) is 18.4 Å². The average molecular weight is 206 g/mol. The topological polar surface area (TPSA) is 38.9 Å². The Morgan fingerprint density at radius 3 is 3.07 bits per heavy atom. The fourth-order valence-electron chi connectivity index (χ4n) is 1.53. The summed E-state index contributed by atoms with van der Waals surface area (Å²) in [4.78, 5) is 4.30. The molecule has 0 radical (unpaired) electrons. The number of nitrogens with zero attached hydrogens (tertiary/aromatic N) is 1. The van der Waals surface area contributed by atoms with E-state index in [4.69, 9.17) is 5.73 Å². The van der Waals surface area contributed by atoms with E-state index in [0.29, 0.717) is 0 Å². The molecule has 2 rings (SSSR count). The van der Waals surface area contributed by atoms with Crippen molar-refractivity contribution in [3.8, 4) is 0 Å². The van der Waals surface area contributed by atoms with E-state index in [9.17, 15) is 0 Å². The van der Waals surface area contributed by atoms with Gasteiger partial charge in [-0.15, -0.1) is 11.3 Å². The molecule has 0 aliphatic rings. The van der Waals surface area contributed by atoms with Crippen LogP contribution in [-0.4, -0.2) is 11.5 Å². The van der Waals surface area contributed by atoms with E-state index in [2.05, 4.69) is 23.2 Å². The number of thiazole rings is 1. The zero-order valence-corrected chi connectivity index (χ0v) is 8.89. The summed E-state index contributed by atoms with van der Waals surface area (Å²) >= 11 is 1.69. The molecule has 3 heteroatoms. The predicted octanol–water partition coefficient (Wildman–Crippen LogP) is 2.58. The fraction of sp³-hybridized carbons (Fsp3) is 0.364. The Morgan fingerprint density at radius 2 is 2.21 bits per heavy atom. The van der Waals surface area contributed by atoms with E-state index in [1.54, 1.807) is 11.3 Å². The molecular formula is C11H14N2S. The van der Waals surface area contributed by atoms with E-state index in [-0.39, 0.29) is 0 Å². The Balaban J connectivity index is 2.10. The lowest BCUT2D eigenvalue weighted by atomic mass is 10.1. The van der Waals surface area contributed by atoms with Gasteiger partial charge in [-0.1, -0.05) is 6.07 Å². The van der Waals surface area contributed by atoms with Crippen LogP contribution < -0.4 is 5.73 Å². The first kappa shape index (κ1) is 9.62. The van der Waals surface area contributed by atoms with Gasteiger partial charge in [0, 0.05) is 0 Å². The van der Waals surface area contributed by atoms with Crippen molar-refractivity contribution in [2.45, 2.75) is 19.3 Å². The van der Waals surface area contributed by atoms with Crippen LogP contribution in [0.4, 0.5) is 0 Å². The minimum Gasteiger partial charge on any atom is -0.330 e. The van der Waals surface area contributed by atoms with Gasteiger partial charge in [-0.3, -0.25) is 0 Å². The number of benzene rings is 1. The molecule has 2 aromatic rings. The lowest BCUT2D eigenvalue weighted by Gasteiger charge is -1.99. The molecule has 0 fully saturated rings. The van der Waals surface area contributed by atoms with E-state index < -0.39 is 0 Å². The van der Waals surface area contributed by atoms with Crippen LogP contribution >= 0.6 is 11.3 Å². The molecule has 0 amide bonds. The Kier molecular flexibility index (Phi) is 3.11. The summed E-state index contributed by atoms with van der Waals surface area (Å²) in [7, 11) is 0. The molecule has 0 aliphatic carbocycles. The maximum absolute atomic E-state index is 5.46. The summed E-state index contributed by atoms with van der Waals surface area (Å²) in [6.07, 6.45) is 3.39. The molecule has 0 spiro atoms. The molecule has 0 bridgehead atoms. The maximum Gasteiger partial charge on any atom is 0.0814 e. The van der Waals surface area contributed by atoms with E-state index in [0.717, 1.165) is 24.9 Å². The molecular weight excluding hydrogens is 192 g/mol. The van der Waals surface area contributed by atoms with Gasteiger partial charge in [0.2, 0.25) is 0 Å². The minimum atomic E-state index is 0.791. The highest BCUT2D eigenvalue weighted by Crippen LogP contribution is 2.19. The summed E-state index contributed by atoms with van der Waals surface area (Å²) < 4.78 is 1.27. The quantitative estimate of drug-likeness (QED) is 0.781. The summed E-state index contributed by atoms with van der Waals surface area (Å²) in [6, 6.07) is 6.53. The van der Waals surface area contributed by atoms with Gasteiger partial charge < -0.3 is 5.73 Å². The summed E-state index contributed by atoms with van der Waals surface area (Å²) in [5.74, 6) is 0. The average Bonchev–Trinajstić information content (AvgIpc) is 2.65. The van der Waals surface area contributed by atoms with Crippen molar-refractivity contribution in [2.75, 3.05) is 6.54 Å². The van der Waals surface area contributed by atoms with Crippen molar-refractivity contribution in [3.63, 3.8) is 0 Å². The van der Waals surface area contributed by atoms with Crippen LogP contribution in [0.3, 0.4) is 0 Å². The smallest absolute Gasteiger partial charge is 0.0814 e. The second kappa shape index (κ2) is 4.53. The number of hydrogen-bond donors (Lipinski definition) is 1. The third-order valence-electron chi connectivity index (χ3n) is 2.31. The Morgan fingerprint density at radius 1 is 1.29 bits per heavy atom. The van der Waals surface area contributed by atoms with Gasteiger partial charge in [-0.05, 0) is 43.5 Å². The SMILES string of the molecule is NCCCCc1ccc2scnc2c1. The normalized spacial score (nSPS) is 10.9. The zero-order chi connectivity index (χ0) is 9.80. The number of nitrogens with two attached hydrogens (primary N) is 1. The molecule has 0 unspecified atom stereocenters. The number of fused-ring (bicyclic) bond motifs is 1. The Labute approximate surface area is 87.8 Å². The summed E-state index contributed by atoms with van der Waals surface area (Å²) in [6.45, 7) is 0.791. The van der Waals surface area contributed by atoms with Crippen LogP contribution in [-0.2, 0) is 6.42 Å². The molecule has 0 aliphatic heterocycles. The second-order valence-corrected chi connectivity index (χ2v) is 4.29. The third kappa shape index (κ3) is 2.11. The van der Waals surface area contributed by atoms with Crippen LogP contribution in [0, 0.1) is 0 Å². The molecule has 1 heterocycles. The minimum absolute atomic E-state index is 0.791. The van der Waals surface area contributed by atoms with Crippen molar-refractivity contribution < 1.29 is 0 Å². The number of aromatic nitrogens is 1. The van der Waals surface area contributed by atoms with Crippen molar-refractivity contribution in [1.82, 2.24) is 4.98 Å². The first-order valence-corrected chi connectivity index (χ1v) is 5.80. The fourth-order valence-corrected chi connectivity index (χ4v) is 2.19. The van der Waals surface area contributed by atoms with Gasteiger partial charge in [0.1, 0.15) is 0 Å². The highest BCUT2D eigenvalue weighted by atomic mass is 32.1. The first-order chi connectivity index (χ1) is 6.90. The van der Waals surface area contributed by atoms with E-state index in [1.807, 2.05) is 5.51 Å². The van der Waals surface area contributed by atoms with Crippen molar-refractivity contribution >= 4 is 21.6 Å². The monoisotopic (exact) mass is 206 g/mol. The van der Waals surface area contributed by atoms with Crippen molar-refractivity contribution in [3.05, 3.63) is 29.3 Å². The molecule has 1 aromatic heterocycles. The lowest BCUT2D eigenvalue weighted by molar-refractivity contribution is 0.745. The van der Waals surface area contributed by atoms with Crippen LogP contribution in [0.5, 0.6) is 0 Å². The van der Waals surface area contributed by atoms with E-state index >= 15 is 0 Å². The molecule has 2 nitrogen and oxygen atoms in total. The van der Waals surface area contributed by atoms with Crippen molar-refractivity contribution in [1.29, 1.82) is 0 Å². The molecule has 0 atom stereocenters. The third-order valence-corrected chi connectivity index (χ3v) is 3.12. The summed E-state index contributed by atoms with van der Waals surface area (Å²) in [5.41, 5.74) is 9.85. The standard InChI is InChI=1S/C11H14N2S/c12-6-2-1-3-9-4-5-11-10(7-9)13-8-14-11/h4-5,7-8H,1-3,6,12H2. The highest BCUT2D eigenvalue weighted by Gasteiger charge is 1.98. The zero-order valence-electron chi connectivity index (χ0n) is 8.07. The molecule has 1 aromatic carbocycles. The van der Waals surface area contributed by atoms with Gasteiger partial charge in [0.05, 0.1) is 15.7 Å².